The van der Waals surface area contributed by atoms with Gasteiger partial charge in [-0.3, -0.25) is 4.79 Å². The quantitative estimate of drug-likeness (QED) is 0.720. The molecule has 1 aliphatic rings. The average molecular weight is 235 g/mol. The van der Waals surface area contributed by atoms with Gasteiger partial charge in [-0.2, -0.15) is 0 Å². The molecule has 1 saturated heterocycles. The maximum absolute atomic E-state index is 12.0. The standard InChI is InChI=1S/C12H17N3O2/c13-10-2-1-9(7-11(10)14)8-12(16)15-3-5-17-6-4-15/h1-2,7H,3-6,8,13-14H2. The third-order valence-electron chi connectivity index (χ3n) is 2.87. The van der Waals surface area contributed by atoms with Crippen LogP contribution >= 0.6 is 0 Å². The van der Waals surface area contributed by atoms with Crippen molar-refractivity contribution in [3.05, 3.63) is 23.8 Å². The molecule has 1 heterocycles. The number of amides is 1. The van der Waals surface area contributed by atoms with Crippen LogP contribution in [0, 0.1) is 0 Å². The van der Waals surface area contributed by atoms with E-state index in [9.17, 15) is 4.79 Å². The van der Waals surface area contributed by atoms with Crippen LogP contribution in [0.4, 0.5) is 11.4 Å². The van der Waals surface area contributed by atoms with E-state index in [1.165, 1.54) is 0 Å². The van der Waals surface area contributed by atoms with E-state index in [4.69, 9.17) is 16.2 Å². The van der Waals surface area contributed by atoms with Crippen molar-refractivity contribution in [2.24, 2.45) is 0 Å². The summed E-state index contributed by atoms with van der Waals surface area (Å²) in [7, 11) is 0. The highest BCUT2D eigenvalue weighted by atomic mass is 16.5. The van der Waals surface area contributed by atoms with E-state index in [1.807, 2.05) is 11.0 Å². The first-order chi connectivity index (χ1) is 8.16. The fraction of sp³-hybridized carbons (Fsp3) is 0.417. The molecule has 2 rings (SSSR count). The van der Waals surface area contributed by atoms with Gasteiger partial charge in [0.15, 0.2) is 0 Å². The number of nitrogens with zero attached hydrogens (tertiary/aromatic N) is 1. The van der Waals surface area contributed by atoms with Crippen LogP contribution < -0.4 is 11.5 Å². The Morgan fingerprint density at radius 1 is 1.24 bits per heavy atom. The first-order valence-corrected chi connectivity index (χ1v) is 5.66. The number of anilines is 2. The summed E-state index contributed by atoms with van der Waals surface area (Å²) in [6, 6.07) is 5.33. The van der Waals surface area contributed by atoms with Crippen LogP contribution in [0.5, 0.6) is 0 Å². The van der Waals surface area contributed by atoms with Crippen molar-refractivity contribution < 1.29 is 9.53 Å². The molecule has 1 aliphatic heterocycles. The highest BCUT2D eigenvalue weighted by molar-refractivity contribution is 5.79. The summed E-state index contributed by atoms with van der Waals surface area (Å²) >= 11 is 0. The number of nitrogens with two attached hydrogens (primary N) is 2. The van der Waals surface area contributed by atoms with Crippen molar-refractivity contribution in [1.82, 2.24) is 4.90 Å². The lowest BCUT2D eigenvalue weighted by molar-refractivity contribution is -0.134. The first-order valence-electron chi connectivity index (χ1n) is 5.66. The molecule has 0 bridgehead atoms. The van der Waals surface area contributed by atoms with Crippen LogP contribution in [-0.4, -0.2) is 37.1 Å². The Morgan fingerprint density at radius 2 is 1.94 bits per heavy atom. The molecule has 5 heteroatoms. The van der Waals surface area contributed by atoms with E-state index in [1.54, 1.807) is 12.1 Å². The van der Waals surface area contributed by atoms with Gasteiger partial charge in [0.1, 0.15) is 0 Å². The summed E-state index contributed by atoms with van der Waals surface area (Å²) in [4.78, 5) is 13.8. The number of hydrogen-bond acceptors (Lipinski definition) is 4. The van der Waals surface area contributed by atoms with Gasteiger partial charge in [-0.05, 0) is 17.7 Å². The van der Waals surface area contributed by atoms with Crippen LogP contribution in [0.2, 0.25) is 0 Å². The molecule has 92 valence electrons. The van der Waals surface area contributed by atoms with E-state index in [-0.39, 0.29) is 5.91 Å². The van der Waals surface area contributed by atoms with E-state index < -0.39 is 0 Å². The molecule has 0 aromatic heterocycles. The van der Waals surface area contributed by atoms with Crippen LogP contribution in [0.15, 0.2) is 18.2 Å². The fourth-order valence-corrected chi connectivity index (χ4v) is 1.83. The largest absolute Gasteiger partial charge is 0.397 e. The van der Waals surface area contributed by atoms with Gasteiger partial charge >= 0.3 is 0 Å². The molecule has 1 aromatic rings. The maximum atomic E-state index is 12.0. The van der Waals surface area contributed by atoms with Gasteiger partial charge < -0.3 is 21.1 Å². The summed E-state index contributed by atoms with van der Waals surface area (Å²) in [5.41, 5.74) is 13.3. The zero-order chi connectivity index (χ0) is 12.3. The lowest BCUT2D eigenvalue weighted by Crippen LogP contribution is -2.41. The third kappa shape index (κ3) is 2.88. The molecule has 0 saturated carbocycles. The van der Waals surface area contributed by atoms with Crippen LogP contribution in [0.25, 0.3) is 0 Å². The molecule has 0 aliphatic carbocycles. The van der Waals surface area contributed by atoms with E-state index >= 15 is 0 Å². The number of nitrogen functional groups attached to an aromatic ring is 2. The molecule has 0 unspecified atom stereocenters. The highest BCUT2D eigenvalue weighted by Gasteiger charge is 2.16. The predicted molar refractivity (Wildman–Crippen MR) is 66.4 cm³/mol. The van der Waals surface area contributed by atoms with E-state index in [2.05, 4.69) is 0 Å². The summed E-state index contributed by atoms with van der Waals surface area (Å²) in [6.45, 7) is 2.58. The number of rotatable bonds is 2. The second kappa shape index (κ2) is 5.05. The molecular weight excluding hydrogens is 218 g/mol. The molecule has 5 nitrogen and oxygen atoms in total. The maximum Gasteiger partial charge on any atom is 0.227 e. The smallest absolute Gasteiger partial charge is 0.227 e. The Hall–Kier alpha value is -1.75. The first kappa shape index (κ1) is 11.7. The normalized spacial score (nSPS) is 15.9. The lowest BCUT2D eigenvalue weighted by Gasteiger charge is -2.26. The third-order valence-corrected chi connectivity index (χ3v) is 2.87. The highest BCUT2D eigenvalue weighted by Crippen LogP contribution is 2.17. The Kier molecular flexibility index (Phi) is 3.49. The zero-order valence-electron chi connectivity index (χ0n) is 9.69. The number of ether oxygens (including phenoxy) is 1. The minimum Gasteiger partial charge on any atom is -0.397 e. The summed E-state index contributed by atoms with van der Waals surface area (Å²) in [6.07, 6.45) is 0.366. The number of hydrogen-bond donors (Lipinski definition) is 2. The van der Waals surface area contributed by atoms with Crippen molar-refractivity contribution in [1.29, 1.82) is 0 Å². The van der Waals surface area contributed by atoms with Crippen molar-refractivity contribution >= 4 is 17.3 Å². The zero-order valence-corrected chi connectivity index (χ0v) is 9.69. The minimum absolute atomic E-state index is 0.109. The average Bonchev–Trinajstić information content (AvgIpc) is 2.35. The second-order valence-electron chi connectivity index (χ2n) is 4.13. The Balaban J connectivity index is 1.99. The molecule has 0 spiro atoms. The van der Waals surface area contributed by atoms with Gasteiger partial charge in [0.05, 0.1) is 31.0 Å². The number of benzene rings is 1. The summed E-state index contributed by atoms with van der Waals surface area (Å²) in [5, 5.41) is 0. The van der Waals surface area contributed by atoms with Crippen molar-refractivity contribution in [2.75, 3.05) is 37.8 Å². The van der Waals surface area contributed by atoms with Crippen molar-refractivity contribution in [3.8, 4) is 0 Å². The molecule has 4 N–H and O–H groups in total. The Labute approximate surface area is 100 Å². The van der Waals surface area contributed by atoms with Gasteiger partial charge in [-0.15, -0.1) is 0 Å². The van der Waals surface area contributed by atoms with Crippen LogP contribution in [0.3, 0.4) is 0 Å². The van der Waals surface area contributed by atoms with Gasteiger partial charge in [0.25, 0.3) is 0 Å². The molecule has 0 radical (unpaired) electrons. The molecule has 17 heavy (non-hydrogen) atoms. The van der Waals surface area contributed by atoms with E-state index in [0.717, 1.165) is 5.56 Å². The Bertz CT molecular complexity index is 414. The summed E-state index contributed by atoms with van der Waals surface area (Å²) < 4.78 is 5.20. The molecule has 0 atom stereocenters. The van der Waals surface area contributed by atoms with Gasteiger partial charge in [0.2, 0.25) is 5.91 Å². The predicted octanol–water partition coefficient (Wildman–Crippen LogP) is 0.252. The van der Waals surface area contributed by atoms with Gasteiger partial charge in [-0.25, -0.2) is 0 Å². The number of morpholine rings is 1. The van der Waals surface area contributed by atoms with Crippen molar-refractivity contribution in [3.63, 3.8) is 0 Å². The van der Waals surface area contributed by atoms with E-state index in [0.29, 0.717) is 44.1 Å². The van der Waals surface area contributed by atoms with Crippen molar-refractivity contribution in [2.45, 2.75) is 6.42 Å². The SMILES string of the molecule is Nc1ccc(CC(=O)N2CCOCC2)cc1N. The topological polar surface area (TPSA) is 81.6 Å². The Morgan fingerprint density at radius 3 is 2.59 bits per heavy atom. The van der Waals surface area contributed by atoms with Gasteiger partial charge in [0, 0.05) is 13.1 Å². The van der Waals surface area contributed by atoms with Crippen LogP contribution in [0.1, 0.15) is 5.56 Å². The lowest BCUT2D eigenvalue weighted by atomic mass is 10.1. The van der Waals surface area contributed by atoms with Crippen LogP contribution in [-0.2, 0) is 16.0 Å². The fourth-order valence-electron chi connectivity index (χ4n) is 1.83. The second-order valence-corrected chi connectivity index (χ2v) is 4.13. The molecule has 1 fully saturated rings. The molecule has 1 amide bonds. The summed E-state index contributed by atoms with van der Waals surface area (Å²) in [5.74, 6) is 0.109. The number of carbonyl (C=O) groups excluding carboxylic acids is 1. The molecular formula is C12H17N3O2. The number of carbonyl (C=O) groups is 1. The minimum atomic E-state index is 0.109. The monoisotopic (exact) mass is 235 g/mol. The molecule has 1 aromatic carbocycles. The van der Waals surface area contributed by atoms with Gasteiger partial charge in [-0.1, -0.05) is 6.07 Å².